The van der Waals surface area contributed by atoms with Gasteiger partial charge < -0.3 is 10.2 Å². The Morgan fingerprint density at radius 1 is 1.33 bits per heavy atom. The van der Waals surface area contributed by atoms with E-state index in [4.69, 9.17) is 0 Å². The predicted octanol–water partition coefficient (Wildman–Crippen LogP) is 1.85. The van der Waals surface area contributed by atoms with Crippen LogP contribution in [0.15, 0.2) is 30.3 Å². The van der Waals surface area contributed by atoms with E-state index in [9.17, 15) is 9.59 Å². The summed E-state index contributed by atoms with van der Waals surface area (Å²) >= 11 is 0. The summed E-state index contributed by atoms with van der Waals surface area (Å²) in [5.41, 5.74) is 0.703. The van der Waals surface area contributed by atoms with Crippen LogP contribution in [-0.4, -0.2) is 35.8 Å². The van der Waals surface area contributed by atoms with E-state index in [-0.39, 0.29) is 17.9 Å². The largest absolute Gasteiger partial charge is 0.353 e. The first-order valence-corrected chi connectivity index (χ1v) is 7.83. The second-order valence-electron chi connectivity index (χ2n) is 6.02. The van der Waals surface area contributed by atoms with Crippen molar-refractivity contribution < 1.29 is 9.59 Å². The van der Waals surface area contributed by atoms with E-state index < -0.39 is 5.41 Å². The maximum Gasteiger partial charge on any atom is 0.242 e. The molecule has 2 fully saturated rings. The number of nitrogens with zero attached hydrogens (tertiary/aromatic N) is 1. The van der Waals surface area contributed by atoms with E-state index in [2.05, 4.69) is 5.32 Å². The average molecular weight is 286 g/mol. The quantitative estimate of drug-likeness (QED) is 0.922. The summed E-state index contributed by atoms with van der Waals surface area (Å²) in [7, 11) is 0. The minimum Gasteiger partial charge on any atom is -0.353 e. The molecule has 4 nitrogen and oxygen atoms in total. The molecule has 2 aliphatic rings. The number of nitrogens with one attached hydrogen (secondary N) is 1. The van der Waals surface area contributed by atoms with Gasteiger partial charge in [-0.25, -0.2) is 0 Å². The van der Waals surface area contributed by atoms with Crippen LogP contribution in [0.4, 0.5) is 0 Å². The van der Waals surface area contributed by atoms with Crippen molar-refractivity contribution in [3.8, 4) is 0 Å². The molecule has 1 atom stereocenters. The summed E-state index contributed by atoms with van der Waals surface area (Å²) in [6, 6.07) is 9.73. The molecule has 1 aliphatic heterocycles. The maximum absolute atomic E-state index is 13.2. The summed E-state index contributed by atoms with van der Waals surface area (Å²) in [5.74, 6) is 0.126. The Morgan fingerprint density at radius 3 is 2.62 bits per heavy atom. The molecule has 1 unspecified atom stereocenters. The monoisotopic (exact) mass is 286 g/mol. The number of benzene rings is 1. The van der Waals surface area contributed by atoms with Crippen LogP contribution in [0.2, 0.25) is 0 Å². The summed E-state index contributed by atoms with van der Waals surface area (Å²) in [5, 5.41) is 2.86. The second-order valence-corrected chi connectivity index (χ2v) is 6.02. The number of amides is 2. The molecule has 0 bridgehead atoms. The van der Waals surface area contributed by atoms with Gasteiger partial charge in [0.05, 0.1) is 5.41 Å². The summed E-state index contributed by atoms with van der Waals surface area (Å²) in [4.78, 5) is 27.0. The lowest BCUT2D eigenvalue weighted by Gasteiger charge is -2.46. The Balaban J connectivity index is 1.90. The fourth-order valence-electron chi connectivity index (χ4n) is 3.55. The number of piperazine rings is 1. The highest BCUT2D eigenvalue weighted by molar-refractivity contribution is 5.94. The summed E-state index contributed by atoms with van der Waals surface area (Å²) in [6.45, 7) is 3.15. The highest BCUT2D eigenvalue weighted by Gasteiger charge is 2.49. The molecule has 1 aromatic rings. The van der Waals surface area contributed by atoms with E-state index in [0.717, 1.165) is 24.8 Å². The van der Waals surface area contributed by atoms with E-state index in [0.29, 0.717) is 19.5 Å². The number of rotatable bonds is 3. The van der Waals surface area contributed by atoms with Gasteiger partial charge in [0.25, 0.3) is 0 Å². The Hall–Kier alpha value is -1.84. The van der Waals surface area contributed by atoms with Gasteiger partial charge in [0.1, 0.15) is 6.04 Å². The van der Waals surface area contributed by atoms with Gasteiger partial charge in [-0.15, -0.1) is 0 Å². The molecule has 4 heteroatoms. The molecule has 1 saturated carbocycles. The zero-order chi connectivity index (χ0) is 14.9. The molecular weight excluding hydrogens is 264 g/mol. The molecule has 1 N–H and O–H groups in total. The van der Waals surface area contributed by atoms with Crippen LogP contribution in [0.25, 0.3) is 0 Å². The van der Waals surface area contributed by atoms with Gasteiger partial charge in [-0.1, -0.05) is 43.7 Å². The minimum atomic E-state index is -0.397. The molecule has 21 heavy (non-hydrogen) atoms. The molecular formula is C17H22N2O2. The van der Waals surface area contributed by atoms with Gasteiger partial charge in [0.15, 0.2) is 0 Å². The van der Waals surface area contributed by atoms with Crippen LogP contribution in [-0.2, 0) is 15.0 Å². The highest BCUT2D eigenvalue weighted by atomic mass is 16.2. The Morgan fingerprint density at radius 2 is 2.05 bits per heavy atom. The molecule has 112 valence electrons. The first kappa shape index (κ1) is 14.1. The zero-order valence-corrected chi connectivity index (χ0v) is 12.5. The standard InChI is InChI=1S/C17H22N2O2/c1-2-14-15(20)18-11-12-19(14)16(21)17(9-6-10-17)13-7-4-3-5-8-13/h3-5,7-8,14H,2,6,9-12H2,1H3,(H,18,20). The van der Waals surface area contributed by atoms with E-state index in [1.54, 1.807) is 0 Å². The van der Waals surface area contributed by atoms with Gasteiger partial charge in [-0.2, -0.15) is 0 Å². The fourth-order valence-corrected chi connectivity index (χ4v) is 3.55. The lowest BCUT2D eigenvalue weighted by atomic mass is 9.63. The maximum atomic E-state index is 13.2. The topological polar surface area (TPSA) is 49.4 Å². The van der Waals surface area contributed by atoms with Crippen LogP contribution in [0.1, 0.15) is 38.2 Å². The SMILES string of the molecule is CCC1C(=O)NCCN1C(=O)C1(c2ccccc2)CCC1. The molecule has 0 spiro atoms. The van der Waals surface area contributed by atoms with Crippen molar-refractivity contribution in [2.75, 3.05) is 13.1 Å². The van der Waals surface area contributed by atoms with Crippen LogP contribution >= 0.6 is 0 Å². The third-order valence-corrected chi connectivity index (χ3v) is 4.92. The summed E-state index contributed by atoms with van der Waals surface area (Å²) < 4.78 is 0. The lowest BCUT2D eigenvalue weighted by Crippen LogP contribution is -2.62. The first-order valence-electron chi connectivity index (χ1n) is 7.83. The molecule has 1 heterocycles. The Labute approximate surface area is 125 Å². The van der Waals surface area contributed by atoms with E-state index in [1.165, 1.54) is 0 Å². The second kappa shape index (κ2) is 5.51. The van der Waals surface area contributed by atoms with Crippen molar-refractivity contribution in [2.45, 2.75) is 44.1 Å². The van der Waals surface area contributed by atoms with Gasteiger partial charge in [0, 0.05) is 13.1 Å². The van der Waals surface area contributed by atoms with Crippen molar-refractivity contribution in [2.24, 2.45) is 0 Å². The van der Waals surface area contributed by atoms with Crippen LogP contribution in [0, 0.1) is 0 Å². The van der Waals surface area contributed by atoms with Crippen molar-refractivity contribution in [3.05, 3.63) is 35.9 Å². The van der Waals surface area contributed by atoms with Crippen molar-refractivity contribution in [3.63, 3.8) is 0 Å². The Kier molecular flexibility index (Phi) is 3.70. The van der Waals surface area contributed by atoms with Gasteiger partial charge in [-0.3, -0.25) is 9.59 Å². The molecule has 1 aromatic carbocycles. The molecule has 1 saturated heterocycles. The van der Waals surface area contributed by atoms with Crippen LogP contribution in [0.3, 0.4) is 0 Å². The molecule has 0 radical (unpaired) electrons. The Bertz CT molecular complexity index is 537. The zero-order valence-electron chi connectivity index (χ0n) is 12.5. The molecule has 2 amide bonds. The number of hydrogen-bond donors (Lipinski definition) is 1. The van der Waals surface area contributed by atoms with Crippen molar-refractivity contribution in [1.82, 2.24) is 10.2 Å². The minimum absolute atomic E-state index is 0.0142. The third kappa shape index (κ3) is 2.23. The number of carbonyl (C=O) groups is 2. The van der Waals surface area contributed by atoms with E-state index in [1.807, 2.05) is 42.2 Å². The molecule has 3 rings (SSSR count). The highest BCUT2D eigenvalue weighted by Crippen LogP contribution is 2.45. The number of hydrogen-bond acceptors (Lipinski definition) is 2. The third-order valence-electron chi connectivity index (χ3n) is 4.92. The van der Waals surface area contributed by atoms with Gasteiger partial charge in [0.2, 0.25) is 11.8 Å². The van der Waals surface area contributed by atoms with Crippen LogP contribution in [0.5, 0.6) is 0 Å². The molecule has 1 aliphatic carbocycles. The van der Waals surface area contributed by atoms with Crippen LogP contribution < -0.4 is 5.32 Å². The smallest absolute Gasteiger partial charge is 0.242 e. The van der Waals surface area contributed by atoms with Crippen molar-refractivity contribution in [1.29, 1.82) is 0 Å². The number of carbonyl (C=O) groups excluding carboxylic acids is 2. The summed E-state index contributed by atoms with van der Waals surface area (Å²) in [6.07, 6.45) is 3.54. The van der Waals surface area contributed by atoms with Gasteiger partial charge in [-0.05, 0) is 24.8 Å². The van der Waals surface area contributed by atoms with E-state index >= 15 is 0 Å². The first-order chi connectivity index (χ1) is 10.2. The fraction of sp³-hybridized carbons (Fsp3) is 0.529. The predicted molar refractivity (Wildman–Crippen MR) is 80.8 cm³/mol. The molecule has 0 aromatic heterocycles. The van der Waals surface area contributed by atoms with Crippen molar-refractivity contribution >= 4 is 11.8 Å². The average Bonchev–Trinajstić information content (AvgIpc) is 2.47. The normalized spacial score (nSPS) is 24.1. The van der Waals surface area contributed by atoms with Gasteiger partial charge >= 0.3 is 0 Å². The lowest BCUT2D eigenvalue weighted by molar-refractivity contribution is -0.150.